The topological polar surface area (TPSA) is 81.7 Å². The van der Waals surface area contributed by atoms with E-state index in [-0.39, 0.29) is 12.2 Å². The Bertz CT molecular complexity index is 372. The van der Waals surface area contributed by atoms with E-state index in [0.29, 0.717) is 12.8 Å². The molecule has 19 heavy (non-hydrogen) atoms. The van der Waals surface area contributed by atoms with Gasteiger partial charge in [-0.05, 0) is 27.2 Å². The summed E-state index contributed by atoms with van der Waals surface area (Å²) in [5.41, 5.74) is -0.602. The van der Waals surface area contributed by atoms with Gasteiger partial charge in [-0.15, -0.1) is 0 Å². The molecule has 108 valence electrons. The number of hydrogen-bond acceptors (Lipinski definition) is 5. The number of carbonyl (C=O) groups excluding carboxylic acids is 3. The van der Waals surface area contributed by atoms with E-state index in [2.05, 4.69) is 10.1 Å². The van der Waals surface area contributed by atoms with E-state index in [0.717, 1.165) is 0 Å². The molecule has 0 spiro atoms. The van der Waals surface area contributed by atoms with Crippen molar-refractivity contribution in [3.63, 3.8) is 0 Å². The van der Waals surface area contributed by atoms with Gasteiger partial charge in [0.25, 0.3) is 0 Å². The van der Waals surface area contributed by atoms with E-state index in [1.165, 1.54) is 7.11 Å². The van der Waals surface area contributed by atoms with Crippen LogP contribution in [-0.2, 0) is 19.1 Å². The molecule has 0 aromatic carbocycles. The Kier molecular flexibility index (Phi) is 4.91. The number of rotatable bonds is 2. The van der Waals surface area contributed by atoms with Crippen molar-refractivity contribution in [2.45, 2.75) is 51.7 Å². The number of hydrogen-bond donors (Lipinski definition) is 1. The molecule has 1 rings (SSSR count). The van der Waals surface area contributed by atoms with Crippen molar-refractivity contribution in [3.05, 3.63) is 0 Å². The van der Waals surface area contributed by atoms with Crippen LogP contribution >= 0.6 is 0 Å². The van der Waals surface area contributed by atoms with Gasteiger partial charge in [0.2, 0.25) is 0 Å². The van der Waals surface area contributed by atoms with Crippen LogP contribution in [0.15, 0.2) is 0 Å². The highest BCUT2D eigenvalue weighted by Gasteiger charge is 2.36. The normalized spacial score (nSPS) is 23.7. The molecule has 0 heterocycles. The number of esters is 1. The summed E-state index contributed by atoms with van der Waals surface area (Å²) in [5, 5.41) is 2.65. The summed E-state index contributed by atoms with van der Waals surface area (Å²) in [6.45, 7) is 5.28. The van der Waals surface area contributed by atoms with Gasteiger partial charge in [-0.25, -0.2) is 4.79 Å². The van der Waals surface area contributed by atoms with Crippen molar-refractivity contribution in [2.75, 3.05) is 7.11 Å². The van der Waals surface area contributed by atoms with Crippen LogP contribution in [0.2, 0.25) is 0 Å². The molecule has 6 heteroatoms. The lowest BCUT2D eigenvalue weighted by Crippen LogP contribution is -2.48. The third kappa shape index (κ3) is 4.89. The number of nitrogens with one attached hydrogen (secondary N) is 1. The summed E-state index contributed by atoms with van der Waals surface area (Å²) in [6.07, 6.45) is 0.305. The van der Waals surface area contributed by atoms with E-state index in [9.17, 15) is 14.4 Å². The molecule has 1 saturated carbocycles. The first-order valence-electron chi connectivity index (χ1n) is 6.32. The summed E-state index contributed by atoms with van der Waals surface area (Å²) in [4.78, 5) is 34.7. The lowest BCUT2D eigenvalue weighted by molar-refractivity contribution is -0.149. The smallest absolute Gasteiger partial charge is 0.407 e. The molecular formula is C13H21NO5. The van der Waals surface area contributed by atoms with Crippen LogP contribution in [0.5, 0.6) is 0 Å². The predicted molar refractivity (Wildman–Crippen MR) is 67.5 cm³/mol. The third-order valence-corrected chi connectivity index (χ3v) is 2.87. The van der Waals surface area contributed by atoms with Crippen LogP contribution in [0.4, 0.5) is 4.79 Å². The van der Waals surface area contributed by atoms with Gasteiger partial charge in [0.15, 0.2) is 0 Å². The molecule has 0 aliphatic heterocycles. The molecule has 0 aromatic rings. The third-order valence-electron chi connectivity index (χ3n) is 2.87. The van der Waals surface area contributed by atoms with Gasteiger partial charge in [-0.1, -0.05) is 0 Å². The van der Waals surface area contributed by atoms with E-state index < -0.39 is 29.6 Å². The minimum Gasteiger partial charge on any atom is -0.469 e. The minimum absolute atomic E-state index is 0.0117. The highest BCUT2D eigenvalue weighted by atomic mass is 16.6. The second-order valence-corrected chi connectivity index (χ2v) is 5.66. The molecule has 0 aromatic heterocycles. The standard InChI is InChI=1S/C13H21NO5/c1-13(2,3)19-12(17)14-10-6-5-8(15)7-9(10)11(16)18-4/h9-10H,5-7H2,1-4H3,(H,14,17). The lowest BCUT2D eigenvalue weighted by atomic mass is 9.84. The SMILES string of the molecule is COC(=O)C1CC(=O)CCC1NC(=O)OC(C)(C)C. The monoisotopic (exact) mass is 271 g/mol. The summed E-state index contributed by atoms with van der Waals surface area (Å²) in [5.74, 6) is -1.09. The molecular weight excluding hydrogens is 250 g/mol. The number of amides is 1. The van der Waals surface area contributed by atoms with Crippen LogP contribution in [0.1, 0.15) is 40.0 Å². The summed E-state index contributed by atoms with van der Waals surface area (Å²) >= 11 is 0. The Morgan fingerprint density at radius 3 is 2.47 bits per heavy atom. The molecule has 2 atom stereocenters. The zero-order chi connectivity index (χ0) is 14.6. The fourth-order valence-corrected chi connectivity index (χ4v) is 2.04. The summed E-state index contributed by atoms with van der Waals surface area (Å²) < 4.78 is 9.81. The number of alkyl carbamates (subject to hydrolysis) is 1. The Morgan fingerprint density at radius 2 is 1.95 bits per heavy atom. The molecule has 0 bridgehead atoms. The van der Waals surface area contributed by atoms with Gasteiger partial charge in [-0.2, -0.15) is 0 Å². The average Bonchev–Trinajstić information content (AvgIpc) is 2.28. The fourth-order valence-electron chi connectivity index (χ4n) is 2.04. The minimum atomic E-state index is -0.626. The average molecular weight is 271 g/mol. The zero-order valence-electron chi connectivity index (χ0n) is 11.8. The molecule has 2 unspecified atom stereocenters. The Balaban J connectivity index is 2.66. The number of Topliss-reactive ketones (excluding diaryl/α,β-unsaturated/α-hetero) is 1. The number of ether oxygens (including phenoxy) is 2. The predicted octanol–water partition coefficient (Wildman–Crippen LogP) is 1.42. The van der Waals surface area contributed by atoms with Gasteiger partial charge >= 0.3 is 12.1 Å². The maximum Gasteiger partial charge on any atom is 0.407 e. The van der Waals surface area contributed by atoms with Gasteiger partial charge in [0.1, 0.15) is 11.4 Å². The Morgan fingerprint density at radius 1 is 1.32 bits per heavy atom. The zero-order valence-corrected chi connectivity index (χ0v) is 11.8. The van der Waals surface area contributed by atoms with Crippen LogP contribution in [0.3, 0.4) is 0 Å². The van der Waals surface area contributed by atoms with Crippen molar-refractivity contribution in [2.24, 2.45) is 5.92 Å². The van der Waals surface area contributed by atoms with Crippen LogP contribution in [0, 0.1) is 5.92 Å². The number of methoxy groups -OCH3 is 1. The first-order chi connectivity index (χ1) is 8.73. The number of carbonyl (C=O) groups is 3. The molecule has 1 fully saturated rings. The van der Waals surface area contributed by atoms with Crippen molar-refractivity contribution >= 4 is 17.8 Å². The maximum atomic E-state index is 11.7. The quantitative estimate of drug-likeness (QED) is 0.768. The van der Waals surface area contributed by atoms with Crippen LogP contribution in [-0.4, -0.2) is 36.6 Å². The molecule has 1 aliphatic carbocycles. The van der Waals surface area contributed by atoms with E-state index in [4.69, 9.17) is 4.74 Å². The number of ketones is 1. The molecule has 6 nitrogen and oxygen atoms in total. The fraction of sp³-hybridized carbons (Fsp3) is 0.769. The molecule has 1 amide bonds. The van der Waals surface area contributed by atoms with E-state index in [1.807, 2.05) is 0 Å². The maximum absolute atomic E-state index is 11.7. The molecule has 1 aliphatic rings. The van der Waals surface area contributed by atoms with Crippen molar-refractivity contribution in [1.29, 1.82) is 0 Å². The van der Waals surface area contributed by atoms with Gasteiger partial charge in [0.05, 0.1) is 13.0 Å². The van der Waals surface area contributed by atoms with E-state index in [1.54, 1.807) is 20.8 Å². The van der Waals surface area contributed by atoms with Crippen molar-refractivity contribution < 1.29 is 23.9 Å². The van der Waals surface area contributed by atoms with Crippen molar-refractivity contribution in [1.82, 2.24) is 5.32 Å². The van der Waals surface area contributed by atoms with Crippen LogP contribution < -0.4 is 5.32 Å². The van der Waals surface area contributed by atoms with Crippen LogP contribution in [0.25, 0.3) is 0 Å². The first kappa shape index (κ1) is 15.5. The van der Waals surface area contributed by atoms with Gasteiger partial charge < -0.3 is 14.8 Å². The van der Waals surface area contributed by atoms with Crippen molar-refractivity contribution in [3.8, 4) is 0 Å². The Labute approximate surface area is 112 Å². The van der Waals surface area contributed by atoms with Gasteiger partial charge in [0, 0.05) is 18.9 Å². The largest absolute Gasteiger partial charge is 0.469 e. The van der Waals surface area contributed by atoms with E-state index >= 15 is 0 Å². The summed E-state index contributed by atoms with van der Waals surface area (Å²) in [7, 11) is 1.27. The molecule has 0 saturated heterocycles. The Hall–Kier alpha value is -1.59. The second-order valence-electron chi connectivity index (χ2n) is 5.66. The molecule has 0 radical (unpaired) electrons. The first-order valence-corrected chi connectivity index (χ1v) is 6.32. The second kappa shape index (κ2) is 6.04. The lowest BCUT2D eigenvalue weighted by Gasteiger charge is -2.30. The highest BCUT2D eigenvalue weighted by molar-refractivity contribution is 5.87. The summed E-state index contributed by atoms with van der Waals surface area (Å²) in [6, 6.07) is -0.417. The van der Waals surface area contributed by atoms with Gasteiger partial charge in [-0.3, -0.25) is 9.59 Å². The highest BCUT2D eigenvalue weighted by Crippen LogP contribution is 2.23. The molecule has 1 N–H and O–H groups in total.